The second-order valence-electron chi connectivity index (χ2n) is 15.1. The topological polar surface area (TPSA) is 214 Å². The predicted octanol–water partition coefficient (Wildman–Crippen LogP) is 4.71. The molecular weight excluding hydrogens is 832 g/mol. The maximum atomic E-state index is 12.9. The molecule has 1 fully saturated rings. The first-order chi connectivity index (χ1) is 30.6. The Morgan fingerprint density at radius 2 is 1.46 bits per heavy atom. The largest absolute Gasteiger partial charge is 0.384 e. The first-order valence-electron chi connectivity index (χ1n) is 21.6. The fourth-order valence-electron chi connectivity index (χ4n) is 6.14. The summed E-state index contributed by atoms with van der Waals surface area (Å²) in [5.74, 6) is 1.12. The van der Waals surface area contributed by atoms with Crippen LogP contribution in [0.25, 0.3) is 0 Å². The van der Waals surface area contributed by atoms with Crippen molar-refractivity contribution in [3.63, 3.8) is 0 Å². The van der Waals surface area contributed by atoms with Crippen molar-refractivity contribution in [3.05, 3.63) is 72.6 Å². The lowest BCUT2D eigenvalue weighted by Gasteiger charge is -2.36. The van der Waals surface area contributed by atoms with Gasteiger partial charge in [0.2, 0.25) is 11.9 Å². The van der Waals surface area contributed by atoms with E-state index in [-0.39, 0.29) is 48.1 Å². The summed E-state index contributed by atoms with van der Waals surface area (Å²) in [7, 11) is 0. The lowest BCUT2D eigenvalue weighted by atomic mass is 10.1. The summed E-state index contributed by atoms with van der Waals surface area (Å²) in [6.45, 7) is 14.0. The number of hydrogen-bond donors (Lipinski definition) is 6. The summed E-state index contributed by atoms with van der Waals surface area (Å²) >= 11 is 5.67. The quantitative estimate of drug-likeness (QED) is 0.0304. The van der Waals surface area contributed by atoms with Gasteiger partial charge in [0, 0.05) is 82.3 Å². The van der Waals surface area contributed by atoms with E-state index in [4.69, 9.17) is 30.5 Å². The molecule has 63 heavy (non-hydrogen) atoms. The van der Waals surface area contributed by atoms with Crippen LogP contribution in [0.2, 0.25) is 0 Å². The lowest BCUT2D eigenvalue weighted by Crippen LogP contribution is -2.52. The van der Waals surface area contributed by atoms with Crippen molar-refractivity contribution in [2.75, 3.05) is 120 Å². The van der Waals surface area contributed by atoms with E-state index in [9.17, 15) is 19.5 Å². The summed E-state index contributed by atoms with van der Waals surface area (Å²) in [5.41, 5.74) is 1.25. The Kier molecular flexibility index (Phi) is 22.9. The fraction of sp³-hybridized carbons (Fsp3) is 0.545. The SMILES string of the molecule is C=CCNC(=O)c1cnc(Nc2ccc(N3CCN(C(=O)NCCOCCOCCC(=O)NCCOCCOCCCCCCCl)CC3)cc2)nc1Nc1cccc(C(C)(C)O)n1. The number of aromatic nitrogens is 3. The summed E-state index contributed by atoms with van der Waals surface area (Å²) < 4.78 is 22.1. The number of unbranched alkanes of at least 4 members (excludes halogenated alkanes) is 3. The smallest absolute Gasteiger partial charge is 0.317 e. The van der Waals surface area contributed by atoms with Crippen LogP contribution in [-0.4, -0.2) is 147 Å². The van der Waals surface area contributed by atoms with Crippen LogP contribution in [0.15, 0.2) is 61.3 Å². The minimum absolute atomic E-state index is 0.0978. The van der Waals surface area contributed by atoms with Crippen LogP contribution in [0.1, 0.15) is 62.0 Å². The summed E-state index contributed by atoms with van der Waals surface area (Å²) in [5, 5.41) is 25.2. The summed E-state index contributed by atoms with van der Waals surface area (Å²) in [4.78, 5) is 55.2. The van der Waals surface area contributed by atoms with E-state index in [1.54, 1.807) is 43.0 Å². The minimum atomic E-state index is -1.16. The molecule has 4 rings (SSSR count). The molecule has 1 aromatic carbocycles. The number of carbonyl (C=O) groups is 3. The second kappa shape index (κ2) is 28.6. The molecule has 1 aliphatic rings. The number of nitrogens with one attached hydrogen (secondary N) is 5. The third kappa shape index (κ3) is 19.4. The van der Waals surface area contributed by atoms with Crippen molar-refractivity contribution in [1.29, 1.82) is 0 Å². The number of urea groups is 1. The first kappa shape index (κ1) is 50.5. The molecule has 0 spiro atoms. The fourth-order valence-corrected chi connectivity index (χ4v) is 6.33. The molecule has 0 atom stereocenters. The molecule has 1 saturated heterocycles. The van der Waals surface area contributed by atoms with Gasteiger partial charge in [0.1, 0.15) is 22.8 Å². The molecule has 0 aliphatic carbocycles. The number of halogens is 1. The van der Waals surface area contributed by atoms with Gasteiger partial charge in [0.05, 0.1) is 51.9 Å². The molecule has 3 heterocycles. The van der Waals surface area contributed by atoms with E-state index >= 15 is 0 Å². The number of alkyl halides is 1. The highest BCUT2D eigenvalue weighted by atomic mass is 35.5. The van der Waals surface area contributed by atoms with Crippen molar-refractivity contribution < 1.29 is 38.4 Å². The van der Waals surface area contributed by atoms with Gasteiger partial charge >= 0.3 is 6.03 Å². The molecule has 3 aromatic rings. The van der Waals surface area contributed by atoms with E-state index in [0.717, 1.165) is 43.7 Å². The van der Waals surface area contributed by atoms with Gasteiger partial charge in [-0.25, -0.2) is 14.8 Å². The third-order valence-corrected chi connectivity index (χ3v) is 9.87. The summed E-state index contributed by atoms with van der Waals surface area (Å²) in [6, 6.07) is 12.9. The van der Waals surface area contributed by atoms with Crippen LogP contribution in [0.5, 0.6) is 0 Å². The zero-order valence-corrected chi connectivity index (χ0v) is 37.4. The van der Waals surface area contributed by atoms with Gasteiger partial charge in [-0.2, -0.15) is 4.98 Å². The average Bonchev–Trinajstić information content (AvgIpc) is 3.28. The highest BCUT2D eigenvalue weighted by Crippen LogP contribution is 2.25. The van der Waals surface area contributed by atoms with Gasteiger partial charge in [-0.1, -0.05) is 25.0 Å². The molecule has 0 bridgehead atoms. The molecule has 0 saturated carbocycles. The highest BCUT2D eigenvalue weighted by molar-refractivity contribution is 6.17. The van der Waals surface area contributed by atoms with Crippen LogP contribution < -0.4 is 31.5 Å². The Morgan fingerprint density at radius 3 is 2.14 bits per heavy atom. The molecule has 2 aromatic heterocycles. The van der Waals surface area contributed by atoms with Crippen LogP contribution in [0.3, 0.4) is 0 Å². The van der Waals surface area contributed by atoms with Gasteiger partial charge in [-0.3, -0.25) is 9.59 Å². The molecule has 19 heteroatoms. The zero-order chi connectivity index (χ0) is 45.1. The van der Waals surface area contributed by atoms with E-state index in [1.165, 1.54) is 6.20 Å². The lowest BCUT2D eigenvalue weighted by molar-refractivity contribution is -0.122. The second-order valence-corrected chi connectivity index (χ2v) is 15.5. The Labute approximate surface area is 375 Å². The standard InChI is InChI=1S/C44H65ClN10O8/c1-4-18-47-41(57)36-33-49-42(53-40(36)52-38-11-9-10-37(51-38)44(2,3)59)50-34-12-14-35(15-13-34)54-21-23-55(24-22-54)43(58)48-20-28-63-32-30-61-26-16-39(56)46-19-27-62-31-29-60-25-8-6-5-7-17-45/h4,9-15,33,59H,1,5-8,16-32H2,2-3H3,(H,46,56)(H,47,57)(H,48,58)(H2,49,50,51,52,53). The number of nitrogens with zero attached hydrogens (tertiary/aromatic N) is 5. The van der Waals surface area contributed by atoms with E-state index < -0.39 is 5.60 Å². The number of aliphatic hydroxyl groups is 1. The minimum Gasteiger partial charge on any atom is -0.384 e. The first-order valence-corrected chi connectivity index (χ1v) is 22.1. The third-order valence-electron chi connectivity index (χ3n) is 9.60. The number of carbonyl (C=O) groups excluding carboxylic acids is 3. The van der Waals surface area contributed by atoms with Crippen molar-refractivity contribution >= 4 is 58.4 Å². The van der Waals surface area contributed by atoms with Crippen molar-refractivity contribution in [2.45, 2.75) is 51.6 Å². The Bertz CT molecular complexity index is 1830. The number of ether oxygens (including phenoxy) is 4. The van der Waals surface area contributed by atoms with E-state index in [1.807, 2.05) is 24.3 Å². The molecule has 4 amide bonds. The Hall–Kier alpha value is -5.11. The molecule has 1 aliphatic heterocycles. The number of hydrogen-bond acceptors (Lipinski definition) is 14. The molecule has 0 radical (unpaired) electrons. The molecular formula is C44H65ClN10O8. The average molecular weight is 898 g/mol. The van der Waals surface area contributed by atoms with Gasteiger partial charge in [0.15, 0.2) is 0 Å². The number of rotatable bonds is 30. The normalized spacial score (nSPS) is 12.8. The van der Waals surface area contributed by atoms with Crippen molar-refractivity contribution in [3.8, 4) is 0 Å². The van der Waals surface area contributed by atoms with Crippen LogP contribution >= 0.6 is 11.6 Å². The van der Waals surface area contributed by atoms with Crippen LogP contribution in [0.4, 0.5) is 33.8 Å². The van der Waals surface area contributed by atoms with Gasteiger partial charge in [0.25, 0.3) is 5.91 Å². The van der Waals surface area contributed by atoms with Crippen molar-refractivity contribution in [1.82, 2.24) is 35.8 Å². The molecule has 18 nitrogen and oxygen atoms in total. The zero-order valence-electron chi connectivity index (χ0n) is 36.7. The number of benzene rings is 1. The Balaban J connectivity index is 1.07. The summed E-state index contributed by atoms with van der Waals surface area (Å²) in [6.07, 6.45) is 7.60. The molecule has 0 unspecified atom stereocenters. The van der Waals surface area contributed by atoms with Crippen molar-refractivity contribution in [2.24, 2.45) is 0 Å². The molecule has 6 N–H and O–H groups in total. The molecule has 346 valence electrons. The number of pyridine rings is 1. The number of anilines is 5. The maximum Gasteiger partial charge on any atom is 0.317 e. The predicted molar refractivity (Wildman–Crippen MR) is 244 cm³/mol. The highest BCUT2D eigenvalue weighted by Gasteiger charge is 2.22. The van der Waals surface area contributed by atoms with E-state index in [2.05, 4.69) is 53.0 Å². The van der Waals surface area contributed by atoms with Gasteiger partial charge in [-0.15, -0.1) is 18.2 Å². The Morgan fingerprint density at radius 1 is 0.794 bits per heavy atom. The van der Waals surface area contributed by atoms with Crippen LogP contribution in [-0.2, 0) is 29.3 Å². The van der Waals surface area contributed by atoms with Gasteiger partial charge < -0.3 is 60.4 Å². The van der Waals surface area contributed by atoms with Gasteiger partial charge in [-0.05, 0) is 63.1 Å². The monoisotopic (exact) mass is 896 g/mol. The maximum absolute atomic E-state index is 12.9. The van der Waals surface area contributed by atoms with Crippen LogP contribution in [0, 0.1) is 0 Å². The number of piperazine rings is 1. The number of amides is 4. The van der Waals surface area contributed by atoms with E-state index in [0.29, 0.717) is 103 Å².